The molecule has 0 radical (unpaired) electrons. The van der Waals surface area contributed by atoms with Gasteiger partial charge < -0.3 is 10.2 Å². The van der Waals surface area contributed by atoms with Gasteiger partial charge in [0.15, 0.2) is 0 Å². The Morgan fingerprint density at radius 1 is 1.11 bits per heavy atom. The molecule has 1 aliphatic heterocycles. The Balaban J connectivity index is 1.10. The fourth-order valence-corrected chi connectivity index (χ4v) is 5.78. The summed E-state index contributed by atoms with van der Waals surface area (Å²) in [6.07, 6.45) is 14.1. The van der Waals surface area contributed by atoms with Crippen molar-refractivity contribution in [3.63, 3.8) is 0 Å². The molecule has 2 aromatic heterocycles. The van der Waals surface area contributed by atoms with Crippen molar-refractivity contribution in [3.8, 4) is 0 Å². The minimum atomic E-state index is 0.00977. The first kappa shape index (κ1) is 24.0. The summed E-state index contributed by atoms with van der Waals surface area (Å²) in [4.78, 5) is 17.2. The molecule has 2 aliphatic rings. The van der Waals surface area contributed by atoms with Crippen LogP contribution in [0.3, 0.4) is 0 Å². The molecule has 2 aromatic carbocycles. The van der Waals surface area contributed by atoms with Crippen LogP contribution >= 0.6 is 11.8 Å². The summed E-state index contributed by atoms with van der Waals surface area (Å²) < 4.78 is 2.03. The van der Waals surface area contributed by atoms with Crippen LogP contribution in [0, 0.1) is 0 Å². The molecular formula is C29H32N6OS. The number of benzene rings is 2. The number of H-pyrrole nitrogens is 1. The molecular weight excluding hydrogens is 480 g/mol. The number of nitrogens with zero attached hydrogens (tertiary/aromatic N) is 4. The third kappa shape index (κ3) is 5.97. The molecule has 2 N–H and O–H groups in total. The van der Waals surface area contributed by atoms with Gasteiger partial charge in [0.2, 0.25) is 0 Å². The Bertz CT molecular complexity index is 1410. The number of aryl methyl sites for hydroxylation is 1. The lowest BCUT2D eigenvalue weighted by Crippen LogP contribution is -2.25. The van der Waals surface area contributed by atoms with Gasteiger partial charge in [0.05, 0.1) is 23.0 Å². The van der Waals surface area contributed by atoms with E-state index < -0.39 is 0 Å². The van der Waals surface area contributed by atoms with Crippen molar-refractivity contribution < 1.29 is 4.79 Å². The van der Waals surface area contributed by atoms with Crippen LogP contribution in [0.25, 0.3) is 23.1 Å². The van der Waals surface area contributed by atoms with Crippen molar-refractivity contribution in [2.24, 2.45) is 0 Å². The number of aromatic amines is 1. The van der Waals surface area contributed by atoms with Gasteiger partial charge in [-0.2, -0.15) is 10.2 Å². The van der Waals surface area contributed by atoms with Gasteiger partial charge in [0, 0.05) is 39.5 Å². The van der Waals surface area contributed by atoms with Crippen LogP contribution in [0.2, 0.25) is 0 Å². The standard InChI is InChI=1S/C29H32N6OS/c36-29(31-22-9-10-22)25-6-1-2-7-28(25)37-23-11-12-24-26(32-33-27(24)18-23)13-8-21-19-30-35(20-21)17-5-16-34-14-3-4-15-34/h1-2,6-8,11-13,18-20,22H,3-5,9-10,14-17H2,(H,31,36)(H,32,33)/b13-8+. The summed E-state index contributed by atoms with van der Waals surface area (Å²) in [5.74, 6) is 0.00977. The highest BCUT2D eigenvalue weighted by molar-refractivity contribution is 7.99. The minimum Gasteiger partial charge on any atom is -0.349 e. The molecule has 7 nitrogen and oxygen atoms in total. The number of likely N-dealkylation sites (tertiary alicyclic amines) is 1. The van der Waals surface area contributed by atoms with E-state index in [0.717, 1.165) is 69.9 Å². The summed E-state index contributed by atoms with van der Waals surface area (Å²) in [5.41, 5.74) is 3.68. The van der Waals surface area contributed by atoms with Crippen LogP contribution in [0.5, 0.6) is 0 Å². The maximum atomic E-state index is 12.7. The van der Waals surface area contributed by atoms with E-state index in [0.29, 0.717) is 6.04 Å². The first-order valence-electron chi connectivity index (χ1n) is 13.2. The summed E-state index contributed by atoms with van der Waals surface area (Å²) in [6.45, 7) is 4.59. The average molecular weight is 513 g/mol. The molecule has 1 aliphatic carbocycles. The fraction of sp³-hybridized carbons (Fsp3) is 0.345. The molecule has 37 heavy (non-hydrogen) atoms. The highest BCUT2D eigenvalue weighted by atomic mass is 32.2. The Hall–Kier alpha value is -3.36. The Morgan fingerprint density at radius 3 is 2.84 bits per heavy atom. The van der Waals surface area contributed by atoms with Gasteiger partial charge in [0.25, 0.3) is 5.91 Å². The van der Waals surface area contributed by atoms with Crippen LogP contribution in [0.15, 0.2) is 64.6 Å². The lowest BCUT2D eigenvalue weighted by atomic mass is 10.2. The number of rotatable bonds is 10. The molecule has 1 saturated heterocycles. The zero-order valence-electron chi connectivity index (χ0n) is 20.9. The van der Waals surface area contributed by atoms with Gasteiger partial charge in [-0.25, -0.2) is 0 Å². The molecule has 0 bridgehead atoms. The van der Waals surface area contributed by atoms with E-state index in [1.165, 1.54) is 25.9 Å². The molecule has 0 unspecified atom stereocenters. The number of hydrogen-bond donors (Lipinski definition) is 2. The van der Waals surface area contributed by atoms with Crippen LogP contribution < -0.4 is 5.32 Å². The van der Waals surface area contributed by atoms with Crippen LogP contribution in [-0.2, 0) is 6.54 Å². The molecule has 0 atom stereocenters. The first-order valence-corrected chi connectivity index (χ1v) is 14.0. The van der Waals surface area contributed by atoms with Crippen LogP contribution in [0.4, 0.5) is 0 Å². The molecule has 0 spiro atoms. The van der Waals surface area contributed by atoms with Crippen LogP contribution in [-0.4, -0.2) is 56.5 Å². The smallest absolute Gasteiger partial charge is 0.252 e. The SMILES string of the molecule is O=C(NC1CC1)c1ccccc1Sc1ccc2c(/C=C/c3cnn(CCCN4CCCC4)c3)n[nH]c2c1. The maximum Gasteiger partial charge on any atom is 0.252 e. The Kier molecular flexibility index (Phi) is 7.10. The van der Waals surface area contributed by atoms with Crippen molar-refractivity contribution in [2.75, 3.05) is 19.6 Å². The average Bonchev–Trinajstić information content (AvgIpc) is 3.27. The molecule has 4 aromatic rings. The number of nitrogens with one attached hydrogen (secondary N) is 2. The molecule has 8 heteroatoms. The fourth-order valence-electron chi connectivity index (χ4n) is 4.80. The van der Waals surface area contributed by atoms with E-state index in [1.54, 1.807) is 11.8 Å². The lowest BCUT2D eigenvalue weighted by Gasteiger charge is -2.13. The van der Waals surface area contributed by atoms with E-state index in [1.807, 2.05) is 41.2 Å². The van der Waals surface area contributed by atoms with Crippen molar-refractivity contribution in [1.29, 1.82) is 0 Å². The van der Waals surface area contributed by atoms with E-state index in [9.17, 15) is 4.79 Å². The highest BCUT2D eigenvalue weighted by Crippen LogP contribution is 2.33. The monoisotopic (exact) mass is 512 g/mol. The van der Waals surface area contributed by atoms with E-state index in [-0.39, 0.29) is 5.91 Å². The number of aromatic nitrogens is 4. The third-order valence-corrected chi connectivity index (χ3v) is 8.05. The van der Waals surface area contributed by atoms with E-state index in [4.69, 9.17) is 0 Å². The number of amides is 1. The number of carbonyl (C=O) groups excluding carboxylic acids is 1. The summed E-state index contributed by atoms with van der Waals surface area (Å²) in [7, 11) is 0. The Morgan fingerprint density at radius 2 is 1.97 bits per heavy atom. The van der Waals surface area contributed by atoms with Crippen molar-refractivity contribution >= 4 is 40.7 Å². The largest absolute Gasteiger partial charge is 0.349 e. The summed E-state index contributed by atoms with van der Waals surface area (Å²) in [5, 5.41) is 16.4. The molecule has 1 amide bonds. The first-order chi connectivity index (χ1) is 18.2. The number of hydrogen-bond acceptors (Lipinski definition) is 5. The topological polar surface area (TPSA) is 78.8 Å². The zero-order chi connectivity index (χ0) is 25.0. The molecule has 1 saturated carbocycles. The lowest BCUT2D eigenvalue weighted by molar-refractivity contribution is 0.0948. The molecule has 190 valence electrons. The molecule has 2 fully saturated rings. The summed E-state index contributed by atoms with van der Waals surface area (Å²) >= 11 is 1.60. The van der Waals surface area contributed by atoms with Crippen molar-refractivity contribution in [1.82, 2.24) is 30.2 Å². The van der Waals surface area contributed by atoms with Gasteiger partial charge in [-0.3, -0.25) is 14.6 Å². The molecule has 3 heterocycles. The second kappa shape index (κ2) is 10.9. The minimum absolute atomic E-state index is 0.00977. The Labute approximate surface area is 221 Å². The summed E-state index contributed by atoms with van der Waals surface area (Å²) in [6, 6.07) is 14.4. The predicted molar refractivity (Wildman–Crippen MR) is 149 cm³/mol. The highest BCUT2D eigenvalue weighted by Gasteiger charge is 2.25. The quantitative estimate of drug-likeness (QED) is 0.295. The van der Waals surface area contributed by atoms with Gasteiger partial charge in [0.1, 0.15) is 0 Å². The normalized spacial score (nSPS) is 16.2. The van der Waals surface area contributed by atoms with Crippen molar-refractivity contribution in [2.45, 2.75) is 54.5 Å². The van der Waals surface area contributed by atoms with E-state index >= 15 is 0 Å². The second-order valence-corrected chi connectivity index (χ2v) is 11.0. The van der Waals surface area contributed by atoms with Crippen molar-refractivity contribution in [3.05, 3.63) is 71.7 Å². The number of carbonyl (C=O) groups is 1. The zero-order valence-corrected chi connectivity index (χ0v) is 21.7. The second-order valence-electron chi connectivity index (χ2n) is 9.93. The van der Waals surface area contributed by atoms with Gasteiger partial charge >= 0.3 is 0 Å². The predicted octanol–water partition coefficient (Wildman–Crippen LogP) is 5.46. The van der Waals surface area contributed by atoms with Gasteiger partial charge in [-0.1, -0.05) is 23.9 Å². The number of fused-ring (bicyclic) bond motifs is 1. The van der Waals surface area contributed by atoms with E-state index in [2.05, 4.69) is 56.0 Å². The van der Waals surface area contributed by atoms with Gasteiger partial charge in [-0.15, -0.1) is 0 Å². The van der Waals surface area contributed by atoms with Gasteiger partial charge in [-0.05, 0) is 94.2 Å². The third-order valence-electron chi connectivity index (χ3n) is 6.98. The maximum absolute atomic E-state index is 12.7. The van der Waals surface area contributed by atoms with Crippen LogP contribution in [0.1, 0.15) is 53.7 Å². The molecule has 6 rings (SSSR count).